The molecule has 1 aliphatic heterocycles. The Kier molecular flexibility index (Phi) is 4.87. The van der Waals surface area contributed by atoms with E-state index in [0.29, 0.717) is 17.9 Å². The number of rotatable bonds is 5. The summed E-state index contributed by atoms with van der Waals surface area (Å²) in [6.45, 7) is 2.47. The number of nitrogens with zero attached hydrogens (tertiary/aromatic N) is 2. The minimum atomic E-state index is -0.504. The molecule has 1 N–H and O–H groups in total. The molecule has 0 spiro atoms. The summed E-state index contributed by atoms with van der Waals surface area (Å²) in [5.74, 6) is 0.577. The molecule has 0 aromatic heterocycles. The second-order valence-electron chi connectivity index (χ2n) is 6.54. The van der Waals surface area contributed by atoms with Crippen LogP contribution in [0.2, 0.25) is 0 Å². The van der Waals surface area contributed by atoms with Gasteiger partial charge in [0.05, 0.1) is 17.1 Å². The minimum Gasteiger partial charge on any atom is -0.494 e. The van der Waals surface area contributed by atoms with Gasteiger partial charge in [-0.15, -0.1) is 0 Å². The van der Waals surface area contributed by atoms with Crippen molar-refractivity contribution in [2.24, 2.45) is 0 Å². The number of carbonyl (C=O) groups excluding carboxylic acids is 1. The van der Waals surface area contributed by atoms with Crippen LogP contribution in [0.1, 0.15) is 29.0 Å². The Hall–Kier alpha value is -3.87. The Balaban J connectivity index is 1.77. The zero-order valence-corrected chi connectivity index (χ0v) is 15.7. The van der Waals surface area contributed by atoms with E-state index < -0.39 is 11.1 Å². The molecule has 1 aliphatic rings. The van der Waals surface area contributed by atoms with Crippen LogP contribution >= 0.6 is 0 Å². The van der Waals surface area contributed by atoms with Gasteiger partial charge >= 0.3 is 0 Å². The molecule has 1 heterocycles. The maximum atomic E-state index is 13.3. The fourth-order valence-corrected chi connectivity index (χ4v) is 3.40. The number of nitrogens with one attached hydrogen (secondary N) is 1. The van der Waals surface area contributed by atoms with E-state index in [1.54, 1.807) is 23.1 Å². The molecule has 29 heavy (non-hydrogen) atoms. The lowest BCUT2D eigenvalue weighted by atomic mass is 10.0. The summed E-state index contributed by atoms with van der Waals surface area (Å²) in [6.07, 6.45) is -0.504. The highest BCUT2D eigenvalue weighted by molar-refractivity contribution is 6.12. The Labute approximate surface area is 167 Å². The molecule has 0 unspecified atom stereocenters. The first-order chi connectivity index (χ1) is 14.1. The Morgan fingerprint density at radius 3 is 2.38 bits per heavy atom. The molecule has 0 saturated heterocycles. The molecule has 1 atom stereocenters. The molecule has 146 valence electrons. The van der Waals surface area contributed by atoms with Crippen molar-refractivity contribution >= 4 is 23.0 Å². The number of ether oxygens (including phenoxy) is 1. The van der Waals surface area contributed by atoms with Crippen molar-refractivity contribution in [2.75, 3.05) is 16.8 Å². The van der Waals surface area contributed by atoms with Crippen molar-refractivity contribution in [3.8, 4) is 5.75 Å². The highest BCUT2D eigenvalue weighted by Crippen LogP contribution is 2.37. The van der Waals surface area contributed by atoms with E-state index in [9.17, 15) is 14.9 Å². The van der Waals surface area contributed by atoms with Crippen LogP contribution in [-0.2, 0) is 0 Å². The smallest absolute Gasteiger partial charge is 0.269 e. The third-order valence-corrected chi connectivity index (χ3v) is 4.77. The number of benzene rings is 3. The van der Waals surface area contributed by atoms with Gasteiger partial charge in [-0.05, 0) is 61.0 Å². The van der Waals surface area contributed by atoms with E-state index in [0.717, 1.165) is 17.0 Å². The summed E-state index contributed by atoms with van der Waals surface area (Å²) in [5, 5.41) is 14.4. The molecule has 3 aromatic carbocycles. The molecule has 0 fully saturated rings. The fourth-order valence-electron chi connectivity index (χ4n) is 3.40. The van der Waals surface area contributed by atoms with Crippen LogP contribution in [0.15, 0.2) is 72.8 Å². The van der Waals surface area contributed by atoms with Gasteiger partial charge in [0.25, 0.3) is 11.6 Å². The summed E-state index contributed by atoms with van der Waals surface area (Å²) in [7, 11) is 0. The van der Waals surface area contributed by atoms with Crippen LogP contribution in [0.3, 0.4) is 0 Å². The maximum Gasteiger partial charge on any atom is 0.269 e. The molecule has 7 nitrogen and oxygen atoms in total. The number of amides is 1. The van der Waals surface area contributed by atoms with Crippen molar-refractivity contribution in [1.82, 2.24) is 0 Å². The first-order valence-corrected chi connectivity index (χ1v) is 9.25. The number of anilines is 2. The molecule has 0 radical (unpaired) electrons. The van der Waals surface area contributed by atoms with Crippen LogP contribution in [-0.4, -0.2) is 17.4 Å². The molecule has 3 aromatic rings. The summed E-state index contributed by atoms with van der Waals surface area (Å²) < 4.78 is 5.50. The average Bonchev–Trinajstić information content (AvgIpc) is 2.75. The molecular weight excluding hydrogens is 370 g/mol. The standard InChI is InChI=1S/C22H19N3O4/c1-2-29-18-13-11-16(12-14-18)24-21(15-7-9-17(10-8-15)25(27)28)23-20-6-4-3-5-19(20)22(24)26/h3-14,21,23H,2H2,1H3/t21-/m0/s1. The molecule has 1 amide bonds. The molecule has 4 rings (SSSR count). The number of non-ortho nitro benzene ring substituents is 1. The highest BCUT2D eigenvalue weighted by atomic mass is 16.6. The topological polar surface area (TPSA) is 84.7 Å². The first-order valence-electron chi connectivity index (χ1n) is 9.25. The van der Waals surface area contributed by atoms with E-state index in [2.05, 4.69) is 5.32 Å². The van der Waals surface area contributed by atoms with Crippen molar-refractivity contribution in [2.45, 2.75) is 13.1 Å². The third-order valence-electron chi connectivity index (χ3n) is 4.77. The first kappa shape index (κ1) is 18.5. The lowest BCUT2D eigenvalue weighted by Crippen LogP contribution is -2.43. The van der Waals surface area contributed by atoms with Gasteiger partial charge in [-0.1, -0.05) is 12.1 Å². The number of fused-ring (bicyclic) bond motifs is 1. The van der Waals surface area contributed by atoms with Gasteiger partial charge in [-0.2, -0.15) is 0 Å². The number of nitro groups is 1. The Morgan fingerprint density at radius 1 is 1.03 bits per heavy atom. The number of hydrogen-bond donors (Lipinski definition) is 1. The molecule has 0 aliphatic carbocycles. The SMILES string of the molecule is CCOc1ccc(N2C(=O)c3ccccc3N[C@@H]2c2ccc([N+](=O)[O-])cc2)cc1. The average molecular weight is 389 g/mol. The molecular formula is C22H19N3O4. The van der Waals surface area contributed by atoms with Crippen LogP contribution in [0.5, 0.6) is 5.75 Å². The zero-order chi connectivity index (χ0) is 20.4. The van der Waals surface area contributed by atoms with Crippen molar-refractivity contribution < 1.29 is 14.5 Å². The van der Waals surface area contributed by atoms with Gasteiger partial charge in [0, 0.05) is 23.5 Å². The number of para-hydroxylation sites is 1. The van der Waals surface area contributed by atoms with Gasteiger partial charge < -0.3 is 10.1 Å². The molecule has 7 heteroatoms. The zero-order valence-electron chi connectivity index (χ0n) is 15.7. The van der Waals surface area contributed by atoms with E-state index in [1.807, 2.05) is 49.4 Å². The lowest BCUT2D eigenvalue weighted by Gasteiger charge is -2.38. The molecule has 0 saturated carbocycles. The van der Waals surface area contributed by atoms with Crippen molar-refractivity contribution in [1.29, 1.82) is 0 Å². The quantitative estimate of drug-likeness (QED) is 0.502. The van der Waals surface area contributed by atoms with Gasteiger partial charge in [0.15, 0.2) is 0 Å². The van der Waals surface area contributed by atoms with Crippen LogP contribution < -0.4 is 15.0 Å². The second-order valence-corrected chi connectivity index (χ2v) is 6.54. The van der Waals surface area contributed by atoms with Crippen LogP contribution in [0.25, 0.3) is 0 Å². The lowest BCUT2D eigenvalue weighted by molar-refractivity contribution is -0.384. The fraction of sp³-hybridized carbons (Fsp3) is 0.136. The summed E-state index contributed by atoms with van der Waals surface area (Å²) in [4.78, 5) is 25.5. The number of nitro benzene ring substituents is 1. The number of carbonyl (C=O) groups is 1. The maximum absolute atomic E-state index is 13.3. The van der Waals surface area contributed by atoms with Crippen LogP contribution in [0.4, 0.5) is 17.1 Å². The van der Waals surface area contributed by atoms with Gasteiger partial charge in [-0.3, -0.25) is 19.8 Å². The van der Waals surface area contributed by atoms with Gasteiger partial charge in [-0.25, -0.2) is 0 Å². The van der Waals surface area contributed by atoms with E-state index in [4.69, 9.17) is 4.74 Å². The normalized spacial score (nSPS) is 15.4. The van der Waals surface area contributed by atoms with Crippen LogP contribution in [0, 0.1) is 10.1 Å². The van der Waals surface area contributed by atoms with E-state index >= 15 is 0 Å². The Bertz CT molecular complexity index is 1050. The number of hydrogen-bond acceptors (Lipinski definition) is 5. The second kappa shape index (κ2) is 7.63. The monoisotopic (exact) mass is 389 g/mol. The minimum absolute atomic E-state index is 0.00361. The summed E-state index contributed by atoms with van der Waals surface area (Å²) >= 11 is 0. The third kappa shape index (κ3) is 3.50. The van der Waals surface area contributed by atoms with Gasteiger partial charge in [0.2, 0.25) is 0 Å². The van der Waals surface area contributed by atoms with Crippen molar-refractivity contribution in [3.63, 3.8) is 0 Å². The largest absolute Gasteiger partial charge is 0.494 e. The van der Waals surface area contributed by atoms with E-state index in [1.165, 1.54) is 12.1 Å². The van der Waals surface area contributed by atoms with Gasteiger partial charge in [0.1, 0.15) is 11.9 Å². The molecule has 0 bridgehead atoms. The predicted molar refractivity (Wildman–Crippen MR) is 110 cm³/mol. The predicted octanol–water partition coefficient (Wildman–Crippen LogP) is 4.76. The summed E-state index contributed by atoms with van der Waals surface area (Å²) in [5.41, 5.74) is 2.74. The highest BCUT2D eigenvalue weighted by Gasteiger charge is 2.34. The van der Waals surface area contributed by atoms with Crippen molar-refractivity contribution in [3.05, 3.63) is 94.0 Å². The summed E-state index contributed by atoms with van der Waals surface area (Å²) in [6, 6.07) is 20.8. The van der Waals surface area contributed by atoms with E-state index in [-0.39, 0.29) is 11.6 Å². The Morgan fingerprint density at radius 2 is 1.72 bits per heavy atom.